The summed E-state index contributed by atoms with van der Waals surface area (Å²) in [6, 6.07) is 12.3. The minimum absolute atomic E-state index is 0.0219. The highest BCUT2D eigenvalue weighted by Gasteiger charge is 2.40. The van der Waals surface area contributed by atoms with Gasteiger partial charge in [0.2, 0.25) is 11.8 Å². The number of carbonyl (C=O) groups excluding carboxylic acids is 3. The largest absolute Gasteiger partial charge is 0.350 e. The Hall–Kier alpha value is -2.91. The SMILES string of the molecule is CC(C(=O)NC(C)(C)C)N(Cc1cccc(Cl)c1)C(=O)CCCN1C(=O)c2ccccc2S1(=O)=O. The van der Waals surface area contributed by atoms with Crippen molar-refractivity contribution in [1.29, 1.82) is 0 Å². The standard InChI is InChI=1S/C25H30ClN3O5S/c1-17(23(31)27-25(2,3)4)28(16-18-9-7-10-19(26)15-18)22(30)13-8-14-29-24(32)20-11-5-6-12-21(20)35(29,33)34/h5-7,9-12,15,17H,8,13-14,16H2,1-4H3,(H,27,31). The second-order valence-corrected chi connectivity index (χ2v) is 11.8. The Morgan fingerprint density at radius 2 is 1.80 bits per heavy atom. The first-order valence-electron chi connectivity index (χ1n) is 11.3. The molecular weight excluding hydrogens is 490 g/mol. The number of benzene rings is 2. The van der Waals surface area contributed by atoms with Crippen LogP contribution in [0.5, 0.6) is 0 Å². The highest BCUT2D eigenvalue weighted by atomic mass is 35.5. The fraction of sp³-hybridized carbons (Fsp3) is 0.400. The summed E-state index contributed by atoms with van der Waals surface area (Å²) in [5, 5.41) is 3.40. The van der Waals surface area contributed by atoms with E-state index < -0.39 is 27.5 Å². The molecule has 188 valence electrons. The van der Waals surface area contributed by atoms with Crippen LogP contribution in [0.25, 0.3) is 0 Å². The molecule has 0 bridgehead atoms. The molecule has 0 fully saturated rings. The molecule has 3 rings (SSSR count). The van der Waals surface area contributed by atoms with Gasteiger partial charge >= 0.3 is 0 Å². The van der Waals surface area contributed by atoms with Gasteiger partial charge in [0.1, 0.15) is 10.9 Å². The maximum absolute atomic E-state index is 13.2. The van der Waals surface area contributed by atoms with Crippen molar-refractivity contribution in [3.63, 3.8) is 0 Å². The zero-order valence-corrected chi connectivity index (χ0v) is 21.8. The molecule has 2 aromatic carbocycles. The van der Waals surface area contributed by atoms with Crippen molar-refractivity contribution >= 4 is 39.3 Å². The maximum atomic E-state index is 13.2. The molecule has 10 heteroatoms. The second kappa shape index (κ2) is 10.4. The number of hydrogen-bond donors (Lipinski definition) is 1. The van der Waals surface area contributed by atoms with Gasteiger partial charge in [0, 0.05) is 30.1 Å². The number of hydrogen-bond acceptors (Lipinski definition) is 5. The van der Waals surface area contributed by atoms with Crippen LogP contribution in [0.15, 0.2) is 53.4 Å². The van der Waals surface area contributed by atoms with Crippen LogP contribution in [0.4, 0.5) is 0 Å². The van der Waals surface area contributed by atoms with E-state index in [1.54, 1.807) is 37.3 Å². The first kappa shape index (κ1) is 26.7. The van der Waals surface area contributed by atoms with Gasteiger partial charge in [-0.3, -0.25) is 14.4 Å². The van der Waals surface area contributed by atoms with Crippen molar-refractivity contribution in [3.05, 3.63) is 64.7 Å². The van der Waals surface area contributed by atoms with E-state index in [-0.39, 0.29) is 48.2 Å². The van der Waals surface area contributed by atoms with Gasteiger partial charge in [0.25, 0.3) is 15.9 Å². The zero-order valence-electron chi connectivity index (χ0n) is 20.2. The number of rotatable bonds is 8. The predicted molar refractivity (Wildman–Crippen MR) is 133 cm³/mol. The van der Waals surface area contributed by atoms with E-state index in [1.807, 2.05) is 26.8 Å². The zero-order chi connectivity index (χ0) is 26.0. The molecule has 1 heterocycles. The molecule has 0 saturated heterocycles. The molecule has 1 atom stereocenters. The molecule has 2 aromatic rings. The molecule has 0 radical (unpaired) electrons. The van der Waals surface area contributed by atoms with Crippen LogP contribution in [-0.4, -0.2) is 53.5 Å². The second-order valence-electron chi connectivity index (χ2n) is 9.55. The third-order valence-corrected chi connectivity index (χ3v) is 7.65. The van der Waals surface area contributed by atoms with Crippen molar-refractivity contribution in [3.8, 4) is 0 Å². The van der Waals surface area contributed by atoms with Crippen molar-refractivity contribution in [2.75, 3.05) is 6.54 Å². The first-order chi connectivity index (χ1) is 16.3. The summed E-state index contributed by atoms with van der Waals surface area (Å²) in [7, 11) is -3.94. The Labute approximate surface area is 211 Å². The fourth-order valence-corrected chi connectivity index (χ4v) is 5.68. The van der Waals surface area contributed by atoms with Crippen LogP contribution in [0, 0.1) is 0 Å². The number of carbonyl (C=O) groups is 3. The molecule has 1 aliphatic rings. The molecule has 0 aromatic heterocycles. The highest BCUT2D eigenvalue weighted by molar-refractivity contribution is 7.90. The molecule has 35 heavy (non-hydrogen) atoms. The van der Waals surface area contributed by atoms with Crippen LogP contribution in [0.2, 0.25) is 5.02 Å². The van der Waals surface area contributed by atoms with E-state index in [2.05, 4.69) is 5.32 Å². The van der Waals surface area contributed by atoms with Crippen LogP contribution >= 0.6 is 11.6 Å². The predicted octanol–water partition coefficient (Wildman–Crippen LogP) is 3.60. The Balaban J connectivity index is 1.73. The molecule has 8 nitrogen and oxygen atoms in total. The number of nitrogens with one attached hydrogen (secondary N) is 1. The molecular formula is C25H30ClN3O5S. The Bertz CT molecular complexity index is 1240. The topological polar surface area (TPSA) is 104 Å². The van der Waals surface area contributed by atoms with E-state index in [0.29, 0.717) is 5.02 Å². The van der Waals surface area contributed by atoms with Crippen LogP contribution in [0.1, 0.15) is 56.5 Å². The molecule has 1 N–H and O–H groups in total. The summed E-state index contributed by atoms with van der Waals surface area (Å²) in [6.07, 6.45) is 0.0841. The van der Waals surface area contributed by atoms with E-state index >= 15 is 0 Å². The lowest BCUT2D eigenvalue weighted by Crippen LogP contribution is -2.52. The Morgan fingerprint density at radius 3 is 2.43 bits per heavy atom. The third-order valence-electron chi connectivity index (χ3n) is 5.57. The third kappa shape index (κ3) is 6.21. The van der Waals surface area contributed by atoms with Gasteiger partial charge < -0.3 is 10.2 Å². The van der Waals surface area contributed by atoms with Crippen LogP contribution in [-0.2, 0) is 26.2 Å². The van der Waals surface area contributed by atoms with E-state index in [1.165, 1.54) is 17.0 Å². The average molecular weight is 520 g/mol. The van der Waals surface area contributed by atoms with E-state index in [4.69, 9.17) is 11.6 Å². The van der Waals surface area contributed by atoms with Crippen molar-refractivity contribution < 1.29 is 22.8 Å². The van der Waals surface area contributed by atoms with Gasteiger partial charge in [0.05, 0.1) is 5.56 Å². The minimum Gasteiger partial charge on any atom is -0.350 e. The minimum atomic E-state index is -3.94. The normalized spacial score (nSPS) is 15.5. The molecule has 0 aliphatic carbocycles. The summed E-state index contributed by atoms with van der Waals surface area (Å²) in [5.74, 6) is -1.23. The van der Waals surface area contributed by atoms with Crippen LogP contribution < -0.4 is 5.32 Å². The fourth-order valence-electron chi connectivity index (χ4n) is 3.86. The molecule has 3 amide bonds. The average Bonchev–Trinajstić information content (AvgIpc) is 2.96. The number of sulfonamides is 1. The van der Waals surface area contributed by atoms with Crippen molar-refractivity contribution in [2.45, 2.75) is 63.6 Å². The smallest absolute Gasteiger partial charge is 0.269 e. The van der Waals surface area contributed by atoms with E-state index in [9.17, 15) is 22.8 Å². The van der Waals surface area contributed by atoms with Gasteiger partial charge in [-0.2, -0.15) is 0 Å². The van der Waals surface area contributed by atoms with Crippen molar-refractivity contribution in [2.24, 2.45) is 0 Å². The summed E-state index contributed by atoms with van der Waals surface area (Å²) < 4.78 is 26.3. The molecule has 1 unspecified atom stereocenters. The quantitative estimate of drug-likeness (QED) is 0.574. The maximum Gasteiger partial charge on any atom is 0.269 e. The lowest BCUT2D eigenvalue weighted by molar-refractivity contribution is -0.141. The number of fused-ring (bicyclic) bond motifs is 1. The van der Waals surface area contributed by atoms with E-state index in [0.717, 1.165) is 9.87 Å². The van der Waals surface area contributed by atoms with Crippen molar-refractivity contribution in [1.82, 2.24) is 14.5 Å². The molecule has 1 aliphatic heterocycles. The summed E-state index contributed by atoms with van der Waals surface area (Å²) in [5.41, 5.74) is 0.415. The lowest BCUT2D eigenvalue weighted by atomic mass is 10.1. The highest BCUT2D eigenvalue weighted by Crippen LogP contribution is 2.30. The van der Waals surface area contributed by atoms with Gasteiger partial charge in [-0.15, -0.1) is 0 Å². The summed E-state index contributed by atoms with van der Waals surface area (Å²) in [6.45, 7) is 7.24. The lowest BCUT2D eigenvalue weighted by Gasteiger charge is -2.31. The van der Waals surface area contributed by atoms with Crippen LogP contribution in [0.3, 0.4) is 0 Å². The van der Waals surface area contributed by atoms with Gasteiger partial charge in [0.15, 0.2) is 0 Å². The molecule has 0 saturated carbocycles. The first-order valence-corrected chi connectivity index (χ1v) is 13.1. The summed E-state index contributed by atoms with van der Waals surface area (Å²) >= 11 is 6.10. The van der Waals surface area contributed by atoms with Gasteiger partial charge in [-0.05, 0) is 63.9 Å². The number of amides is 3. The Morgan fingerprint density at radius 1 is 1.11 bits per heavy atom. The molecule has 0 spiro atoms. The van der Waals surface area contributed by atoms with Gasteiger partial charge in [-0.25, -0.2) is 12.7 Å². The summed E-state index contributed by atoms with van der Waals surface area (Å²) in [4.78, 5) is 40.1. The van der Waals surface area contributed by atoms with Gasteiger partial charge in [-0.1, -0.05) is 35.9 Å². The Kier molecular flexibility index (Phi) is 7.91. The monoisotopic (exact) mass is 519 g/mol. The number of halogens is 1. The number of nitrogens with zero attached hydrogens (tertiary/aromatic N) is 2.